The van der Waals surface area contributed by atoms with Gasteiger partial charge in [0.2, 0.25) is 0 Å². The molecule has 0 fully saturated rings. The van der Waals surface area contributed by atoms with Gasteiger partial charge in [-0.1, -0.05) is 27.2 Å². The normalized spacial score (nSPS) is 10.6. The number of nitrogens with zero attached hydrogens (tertiary/aromatic N) is 1. The first-order chi connectivity index (χ1) is 7.70. The average molecular weight is 222 g/mol. The molecule has 1 aromatic heterocycles. The SMILES string of the molecule is CCCCOc1cncc(C(C)C)c1NC. The van der Waals surface area contributed by atoms with Crippen LogP contribution in [0, 0.1) is 0 Å². The van der Waals surface area contributed by atoms with Crippen molar-refractivity contribution in [1.82, 2.24) is 4.98 Å². The molecule has 0 aromatic carbocycles. The molecule has 1 rings (SSSR count). The summed E-state index contributed by atoms with van der Waals surface area (Å²) in [7, 11) is 1.92. The molecule has 0 atom stereocenters. The zero-order valence-electron chi connectivity index (χ0n) is 10.7. The summed E-state index contributed by atoms with van der Waals surface area (Å²) in [6.45, 7) is 7.24. The minimum Gasteiger partial charge on any atom is -0.490 e. The Balaban J connectivity index is 2.86. The van der Waals surface area contributed by atoms with E-state index in [9.17, 15) is 0 Å². The van der Waals surface area contributed by atoms with E-state index < -0.39 is 0 Å². The first-order valence-corrected chi connectivity index (χ1v) is 5.99. The zero-order valence-corrected chi connectivity index (χ0v) is 10.7. The smallest absolute Gasteiger partial charge is 0.160 e. The number of hydrogen-bond donors (Lipinski definition) is 1. The van der Waals surface area contributed by atoms with Crippen LogP contribution in [0.3, 0.4) is 0 Å². The second-order valence-corrected chi connectivity index (χ2v) is 4.21. The van der Waals surface area contributed by atoms with Gasteiger partial charge in [-0.25, -0.2) is 0 Å². The molecular weight excluding hydrogens is 200 g/mol. The summed E-state index contributed by atoms with van der Waals surface area (Å²) >= 11 is 0. The summed E-state index contributed by atoms with van der Waals surface area (Å²) in [5.74, 6) is 1.31. The molecule has 0 amide bonds. The second-order valence-electron chi connectivity index (χ2n) is 4.21. The van der Waals surface area contributed by atoms with E-state index >= 15 is 0 Å². The van der Waals surface area contributed by atoms with Crippen molar-refractivity contribution < 1.29 is 4.74 Å². The third kappa shape index (κ3) is 3.12. The van der Waals surface area contributed by atoms with E-state index in [2.05, 4.69) is 31.1 Å². The first kappa shape index (κ1) is 12.8. The lowest BCUT2D eigenvalue weighted by atomic mass is 10.0. The number of rotatable bonds is 6. The predicted octanol–water partition coefficient (Wildman–Crippen LogP) is 3.43. The molecule has 0 aliphatic rings. The number of unbranched alkanes of at least 4 members (excludes halogenated alkanes) is 1. The molecule has 0 radical (unpaired) electrons. The van der Waals surface area contributed by atoms with Crippen LogP contribution >= 0.6 is 0 Å². The molecule has 90 valence electrons. The Bertz CT molecular complexity index is 324. The molecule has 0 saturated heterocycles. The fraction of sp³-hybridized carbons (Fsp3) is 0.615. The minimum absolute atomic E-state index is 0.449. The highest BCUT2D eigenvalue weighted by Crippen LogP contribution is 2.31. The highest BCUT2D eigenvalue weighted by atomic mass is 16.5. The van der Waals surface area contributed by atoms with Crippen LogP contribution in [0.25, 0.3) is 0 Å². The van der Waals surface area contributed by atoms with E-state index in [1.54, 1.807) is 6.20 Å². The summed E-state index contributed by atoms with van der Waals surface area (Å²) < 4.78 is 5.73. The fourth-order valence-corrected chi connectivity index (χ4v) is 1.60. The molecule has 0 spiro atoms. The number of hydrogen-bond acceptors (Lipinski definition) is 3. The van der Waals surface area contributed by atoms with Crippen molar-refractivity contribution in [2.45, 2.75) is 39.5 Å². The Kier molecular flexibility index (Phi) is 5.09. The Morgan fingerprint density at radius 1 is 1.38 bits per heavy atom. The maximum absolute atomic E-state index is 5.73. The molecular formula is C13H22N2O. The number of anilines is 1. The molecule has 3 nitrogen and oxygen atoms in total. The van der Waals surface area contributed by atoms with Gasteiger partial charge in [0.25, 0.3) is 0 Å². The van der Waals surface area contributed by atoms with Gasteiger partial charge in [-0.15, -0.1) is 0 Å². The molecule has 0 bridgehead atoms. The van der Waals surface area contributed by atoms with Gasteiger partial charge in [-0.3, -0.25) is 4.98 Å². The third-order valence-electron chi connectivity index (χ3n) is 2.57. The van der Waals surface area contributed by atoms with Crippen molar-refractivity contribution in [2.75, 3.05) is 19.0 Å². The van der Waals surface area contributed by atoms with Gasteiger partial charge in [-0.05, 0) is 17.9 Å². The van der Waals surface area contributed by atoms with Crippen LogP contribution in [0.4, 0.5) is 5.69 Å². The Morgan fingerprint density at radius 2 is 2.12 bits per heavy atom. The lowest BCUT2D eigenvalue weighted by Crippen LogP contribution is -2.04. The number of pyridine rings is 1. The van der Waals surface area contributed by atoms with Crippen molar-refractivity contribution in [1.29, 1.82) is 0 Å². The molecule has 1 heterocycles. The zero-order chi connectivity index (χ0) is 12.0. The topological polar surface area (TPSA) is 34.1 Å². The molecule has 16 heavy (non-hydrogen) atoms. The Hall–Kier alpha value is -1.25. The van der Waals surface area contributed by atoms with Gasteiger partial charge < -0.3 is 10.1 Å². The van der Waals surface area contributed by atoms with Gasteiger partial charge in [0.1, 0.15) is 0 Å². The van der Waals surface area contributed by atoms with Crippen molar-refractivity contribution in [3.63, 3.8) is 0 Å². The highest BCUT2D eigenvalue weighted by Gasteiger charge is 2.11. The van der Waals surface area contributed by atoms with Crippen LogP contribution in [0.2, 0.25) is 0 Å². The van der Waals surface area contributed by atoms with Gasteiger partial charge >= 0.3 is 0 Å². The molecule has 0 unspecified atom stereocenters. The molecule has 0 aliphatic heterocycles. The van der Waals surface area contributed by atoms with Crippen molar-refractivity contribution in [3.8, 4) is 5.75 Å². The van der Waals surface area contributed by atoms with Gasteiger partial charge in [0.15, 0.2) is 5.75 Å². The van der Waals surface area contributed by atoms with Crippen LogP contribution in [0.1, 0.15) is 45.1 Å². The van der Waals surface area contributed by atoms with E-state index in [4.69, 9.17) is 4.74 Å². The number of aromatic nitrogens is 1. The van der Waals surface area contributed by atoms with Crippen LogP contribution in [-0.4, -0.2) is 18.6 Å². The summed E-state index contributed by atoms with van der Waals surface area (Å²) in [6.07, 6.45) is 5.91. The fourth-order valence-electron chi connectivity index (χ4n) is 1.60. The van der Waals surface area contributed by atoms with Crippen LogP contribution in [0.15, 0.2) is 12.4 Å². The van der Waals surface area contributed by atoms with Crippen LogP contribution < -0.4 is 10.1 Å². The standard InChI is InChI=1S/C13H22N2O/c1-5-6-7-16-12-9-15-8-11(10(2)3)13(12)14-4/h8-10H,5-7H2,1-4H3,(H,14,15). The van der Waals surface area contributed by atoms with E-state index in [0.29, 0.717) is 5.92 Å². The maximum atomic E-state index is 5.73. The van der Waals surface area contributed by atoms with Crippen molar-refractivity contribution >= 4 is 5.69 Å². The van der Waals surface area contributed by atoms with Gasteiger partial charge in [-0.2, -0.15) is 0 Å². The summed E-state index contributed by atoms with van der Waals surface area (Å²) in [5, 5.41) is 3.21. The Labute approximate surface area is 98.2 Å². The third-order valence-corrected chi connectivity index (χ3v) is 2.57. The first-order valence-electron chi connectivity index (χ1n) is 5.99. The quantitative estimate of drug-likeness (QED) is 0.749. The van der Waals surface area contributed by atoms with Crippen molar-refractivity contribution in [3.05, 3.63) is 18.0 Å². The molecule has 3 heteroatoms. The molecule has 1 N–H and O–H groups in total. The highest BCUT2D eigenvalue weighted by molar-refractivity contribution is 5.61. The van der Waals surface area contributed by atoms with Crippen LogP contribution in [-0.2, 0) is 0 Å². The molecule has 0 saturated carbocycles. The summed E-state index contributed by atoms with van der Waals surface area (Å²) in [5.41, 5.74) is 2.28. The monoisotopic (exact) mass is 222 g/mol. The molecule has 0 aliphatic carbocycles. The van der Waals surface area contributed by atoms with Crippen molar-refractivity contribution in [2.24, 2.45) is 0 Å². The lowest BCUT2D eigenvalue weighted by molar-refractivity contribution is 0.309. The minimum atomic E-state index is 0.449. The summed E-state index contributed by atoms with van der Waals surface area (Å²) in [4.78, 5) is 4.23. The Morgan fingerprint density at radius 3 is 2.69 bits per heavy atom. The average Bonchev–Trinajstić information content (AvgIpc) is 2.29. The van der Waals surface area contributed by atoms with E-state index in [-0.39, 0.29) is 0 Å². The van der Waals surface area contributed by atoms with E-state index in [1.807, 2.05) is 13.2 Å². The molecule has 1 aromatic rings. The number of nitrogens with one attached hydrogen (secondary N) is 1. The van der Waals surface area contributed by atoms with Crippen LogP contribution in [0.5, 0.6) is 5.75 Å². The second kappa shape index (κ2) is 6.36. The predicted molar refractivity (Wildman–Crippen MR) is 68.3 cm³/mol. The number of ether oxygens (including phenoxy) is 1. The largest absolute Gasteiger partial charge is 0.490 e. The van der Waals surface area contributed by atoms with E-state index in [1.165, 1.54) is 5.56 Å². The van der Waals surface area contributed by atoms with Gasteiger partial charge in [0, 0.05) is 13.2 Å². The summed E-state index contributed by atoms with van der Waals surface area (Å²) in [6, 6.07) is 0. The maximum Gasteiger partial charge on any atom is 0.160 e. The van der Waals surface area contributed by atoms with Gasteiger partial charge in [0.05, 0.1) is 18.5 Å². The lowest BCUT2D eigenvalue weighted by Gasteiger charge is -2.16. The van der Waals surface area contributed by atoms with E-state index in [0.717, 1.165) is 30.9 Å².